The minimum absolute atomic E-state index is 0.0746. The molecule has 336 valence electrons. The van der Waals surface area contributed by atoms with Crippen molar-refractivity contribution in [3.05, 3.63) is 211 Å². The fraction of sp³-hybridized carbons (Fsp3) is 0.0833. The summed E-state index contributed by atoms with van der Waals surface area (Å²) in [5.41, 5.74) is 8.97. The zero-order valence-corrected chi connectivity index (χ0v) is 36.8. The van der Waals surface area contributed by atoms with Gasteiger partial charge < -0.3 is 16.2 Å². The van der Waals surface area contributed by atoms with Crippen LogP contribution in [-0.2, 0) is 0 Å². The van der Waals surface area contributed by atoms with Crippen LogP contribution in [0.2, 0.25) is 10.0 Å². The Balaban J connectivity index is 0.000000153. The Morgan fingerprint density at radius 2 is 1.09 bits per heavy atom. The van der Waals surface area contributed by atoms with Gasteiger partial charge in [-0.25, -0.2) is 32.6 Å². The fourth-order valence-electron chi connectivity index (χ4n) is 7.35. The van der Waals surface area contributed by atoms with Crippen LogP contribution in [0.4, 0.5) is 8.78 Å². The van der Waals surface area contributed by atoms with Gasteiger partial charge in [-0.3, -0.25) is 23.5 Å². The molecule has 0 aliphatic rings. The van der Waals surface area contributed by atoms with E-state index in [2.05, 4.69) is 25.5 Å². The summed E-state index contributed by atoms with van der Waals surface area (Å²) in [5.74, 6) is -2.22. The van der Waals surface area contributed by atoms with Crippen LogP contribution < -0.4 is 22.2 Å². The van der Waals surface area contributed by atoms with Crippen LogP contribution in [0, 0.1) is 11.6 Å². The molecular weight excluding hydrogens is 905 g/mol. The number of aromatic nitrogens is 8. The molecule has 10 rings (SSSR count). The van der Waals surface area contributed by atoms with Gasteiger partial charge in [-0.1, -0.05) is 47.5 Å². The van der Waals surface area contributed by atoms with Crippen molar-refractivity contribution in [2.45, 2.75) is 25.9 Å². The molecule has 1 amide bonds. The van der Waals surface area contributed by atoms with Gasteiger partial charge in [0.25, 0.3) is 17.0 Å². The second-order valence-electron chi connectivity index (χ2n) is 14.9. The molecule has 0 aliphatic heterocycles. The first-order valence-electron chi connectivity index (χ1n) is 20.3. The number of hydrogen-bond acceptors (Lipinski definition) is 9. The van der Waals surface area contributed by atoms with E-state index in [9.17, 15) is 28.0 Å². The second kappa shape index (κ2) is 19.2. The molecule has 67 heavy (non-hydrogen) atoms. The van der Waals surface area contributed by atoms with Crippen LogP contribution in [0.15, 0.2) is 156 Å². The molecule has 15 nitrogen and oxygen atoms in total. The Morgan fingerprint density at radius 3 is 1.57 bits per heavy atom. The predicted octanol–water partition coefficient (Wildman–Crippen LogP) is 8.55. The summed E-state index contributed by atoms with van der Waals surface area (Å²) in [7, 11) is 0. The Kier molecular flexibility index (Phi) is 13.0. The standard InChI is InChI=1S/C24H17ClFN5O2.C17H14ClFN2O.C7H5N3O2/c1-14(29-23(32)20-13-27-21-6-3-11-28-31(20)21)19-12-15-4-2-5-18(25)22(15)24(33)30(19)17-9-7-16(26)8-10-17;1-10(20)15-9-11-3-2-4-14(18)16(11)17(22)21(15)13-7-5-12(19)6-8-13;11-7(12)5-4-8-6-2-1-3-9-10(5)6/h2-14H,1H3,(H,29,32);2-10H,20H2,1H3;1-4H,(H,11,12)/t14-;10-;/m00./s1. The third kappa shape index (κ3) is 9.24. The number of nitrogens with one attached hydrogen (secondary N) is 1. The Hall–Kier alpha value is -8.12. The van der Waals surface area contributed by atoms with E-state index in [0.29, 0.717) is 60.3 Å². The summed E-state index contributed by atoms with van der Waals surface area (Å²) in [4.78, 5) is 58.0. The fourth-order valence-corrected chi connectivity index (χ4v) is 7.88. The van der Waals surface area contributed by atoms with Crippen LogP contribution in [0.5, 0.6) is 0 Å². The van der Waals surface area contributed by atoms with Gasteiger partial charge in [0, 0.05) is 41.2 Å². The molecule has 2 atom stereocenters. The molecule has 0 saturated carbocycles. The lowest BCUT2D eigenvalue weighted by Crippen LogP contribution is -2.32. The third-order valence-corrected chi connectivity index (χ3v) is 11.1. The molecule has 0 fully saturated rings. The number of carboxylic acids is 1. The van der Waals surface area contributed by atoms with Gasteiger partial charge in [-0.05, 0) is 122 Å². The van der Waals surface area contributed by atoms with E-state index in [1.165, 1.54) is 73.2 Å². The number of halogens is 4. The number of pyridine rings is 2. The van der Waals surface area contributed by atoms with E-state index in [0.717, 1.165) is 5.39 Å². The smallest absolute Gasteiger partial charge is 0.356 e. The molecule has 0 aliphatic carbocycles. The normalized spacial score (nSPS) is 12.0. The van der Waals surface area contributed by atoms with Crippen LogP contribution in [0.3, 0.4) is 0 Å². The first kappa shape index (κ1) is 45.4. The van der Waals surface area contributed by atoms with Crippen molar-refractivity contribution in [2.75, 3.05) is 0 Å². The molecule has 4 aromatic carbocycles. The van der Waals surface area contributed by atoms with Crippen LogP contribution in [-0.4, -0.2) is 55.3 Å². The average molecular weight is 942 g/mol. The number of carbonyl (C=O) groups excluding carboxylic acids is 1. The molecule has 0 radical (unpaired) electrons. The number of fused-ring (bicyclic) bond motifs is 4. The van der Waals surface area contributed by atoms with Crippen LogP contribution in [0.1, 0.15) is 58.3 Å². The number of amides is 1. The first-order valence-corrected chi connectivity index (χ1v) is 21.0. The van der Waals surface area contributed by atoms with E-state index in [4.69, 9.17) is 34.0 Å². The Morgan fingerprint density at radius 1 is 0.642 bits per heavy atom. The quantitative estimate of drug-likeness (QED) is 0.139. The van der Waals surface area contributed by atoms with Gasteiger partial charge in [0.1, 0.15) is 17.3 Å². The average Bonchev–Trinajstić information content (AvgIpc) is 3.96. The highest BCUT2D eigenvalue weighted by Gasteiger charge is 2.22. The van der Waals surface area contributed by atoms with Crippen molar-refractivity contribution >= 4 is 67.9 Å². The monoisotopic (exact) mass is 940 g/mol. The van der Waals surface area contributed by atoms with Gasteiger partial charge in [0.15, 0.2) is 17.0 Å². The van der Waals surface area contributed by atoms with E-state index < -0.39 is 23.7 Å². The maximum absolute atomic E-state index is 13.6. The third-order valence-electron chi connectivity index (χ3n) is 10.5. The van der Waals surface area contributed by atoms with Gasteiger partial charge in [-0.15, -0.1) is 0 Å². The van der Waals surface area contributed by atoms with Gasteiger partial charge in [0.05, 0.1) is 39.3 Å². The van der Waals surface area contributed by atoms with E-state index in [-0.39, 0.29) is 34.4 Å². The molecule has 10 aromatic rings. The summed E-state index contributed by atoms with van der Waals surface area (Å²) in [6, 6.07) is 31.3. The summed E-state index contributed by atoms with van der Waals surface area (Å²) in [6.45, 7) is 3.56. The van der Waals surface area contributed by atoms with Gasteiger partial charge >= 0.3 is 5.97 Å². The number of nitrogens with zero attached hydrogens (tertiary/aromatic N) is 8. The number of rotatable bonds is 7. The number of benzene rings is 4. The van der Waals surface area contributed by atoms with Crippen molar-refractivity contribution in [2.24, 2.45) is 5.73 Å². The first-order chi connectivity index (χ1) is 32.2. The minimum atomic E-state index is -1.03. The van der Waals surface area contributed by atoms with E-state index >= 15 is 0 Å². The Labute approximate surface area is 387 Å². The molecule has 0 bridgehead atoms. The van der Waals surface area contributed by atoms with E-state index in [1.54, 1.807) is 92.8 Å². The predicted molar refractivity (Wildman–Crippen MR) is 250 cm³/mol. The highest BCUT2D eigenvalue weighted by atomic mass is 35.5. The highest BCUT2D eigenvalue weighted by molar-refractivity contribution is 6.35. The lowest BCUT2D eigenvalue weighted by Gasteiger charge is -2.21. The maximum atomic E-state index is 13.6. The molecule has 0 saturated heterocycles. The van der Waals surface area contributed by atoms with Crippen LogP contribution in [0.25, 0.3) is 44.2 Å². The van der Waals surface area contributed by atoms with Crippen LogP contribution >= 0.6 is 23.2 Å². The largest absolute Gasteiger partial charge is 0.476 e. The van der Waals surface area contributed by atoms with E-state index in [1.807, 2.05) is 12.1 Å². The number of aromatic carboxylic acids is 1. The topological polar surface area (TPSA) is 197 Å². The zero-order valence-electron chi connectivity index (χ0n) is 35.3. The molecular formula is C48H36Cl2F2N10O5. The molecule has 4 N–H and O–H groups in total. The molecule has 6 heterocycles. The van der Waals surface area contributed by atoms with Crippen molar-refractivity contribution in [1.82, 2.24) is 43.6 Å². The van der Waals surface area contributed by atoms with Crippen molar-refractivity contribution in [1.29, 1.82) is 0 Å². The molecule has 19 heteroatoms. The number of imidazole rings is 2. The van der Waals surface area contributed by atoms with Gasteiger partial charge in [0.2, 0.25) is 0 Å². The van der Waals surface area contributed by atoms with Crippen molar-refractivity contribution in [3.63, 3.8) is 0 Å². The second-order valence-corrected chi connectivity index (χ2v) is 15.8. The SMILES string of the molecule is C[C@H](N)c1cc2cccc(Cl)c2c(=O)n1-c1ccc(F)cc1.C[C@H](NC(=O)c1cnc2cccnn12)c1cc2cccc(Cl)c2c(=O)n1-c1ccc(F)cc1.O=C(O)c1cnc2cccnn12. The maximum Gasteiger partial charge on any atom is 0.356 e. The summed E-state index contributed by atoms with van der Waals surface area (Å²) >= 11 is 12.5. The van der Waals surface area contributed by atoms with Crippen molar-refractivity contribution < 1.29 is 23.5 Å². The minimum Gasteiger partial charge on any atom is -0.476 e. The Bertz CT molecular complexity index is 3610. The molecule has 6 aromatic heterocycles. The van der Waals surface area contributed by atoms with Crippen molar-refractivity contribution in [3.8, 4) is 11.4 Å². The molecule has 0 spiro atoms. The highest BCUT2D eigenvalue weighted by Crippen LogP contribution is 2.27. The number of nitrogens with two attached hydrogens (primary N) is 1. The van der Waals surface area contributed by atoms with Gasteiger partial charge in [-0.2, -0.15) is 10.2 Å². The number of carbonyl (C=O) groups is 2. The number of hydrogen-bond donors (Lipinski definition) is 3. The zero-order chi connectivity index (χ0) is 47.5. The lowest BCUT2D eigenvalue weighted by molar-refractivity contribution is 0.0687. The summed E-state index contributed by atoms with van der Waals surface area (Å²) in [6.07, 6.45) is 5.80. The lowest BCUT2D eigenvalue weighted by atomic mass is 10.1. The molecule has 0 unspecified atom stereocenters. The number of carboxylic acid groups (broad SMARTS) is 1. The summed E-state index contributed by atoms with van der Waals surface area (Å²) in [5, 5.41) is 22.4. The summed E-state index contributed by atoms with van der Waals surface area (Å²) < 4.78 is 32.3.